The fraction of sp³-hybridized carbons (Fsp3) is 0.500. The summed E-state index contributed by atoms with van der Waals surface area (Å²) in [7, 11) is -2.07. The largest absolute Gasteiger partial charge is 0.432 e. The van der Waals surface area contributed by atoms with Crippen LogP contribution in [0.15, 0.2) is 30.5 Å². The first-order valence-electron chi connectivity index (χ1n) is 7.09. The standard InChI is InChI=1S/C16H25NOSi/c1-16(2,19(3,4)18)11-7-8-13-12-17-15-10-6-5-9-14(13)15/h5-6,9-10,12,17-18H,7-8,11H2,1-4H3. The summed E-state index contributed by atoms with van der Waals surface area (Å²) in [5.74, 6) is 0. The smallest absolute Gasteiger partial charge is 0.188 e. The maximum atomic E-state index is 10.3. The van der Waals surface area contributed by atoms with Crippen LogP contribution >= 0.6 is 0 Å². The van der Waals surface area contributed by atoms with E-state index in [9.17, 15) is 4.80 Å². The van der Waals surface area contributed by atoms with Crippen molar-refractivity contribution in [3.8, 4) is 0 Å². The number of fused-ring (bicyclic) bond motifs is 1. The molecule has 0 saturated carbocycles. The van der Waals surface area contributed by atoms with E-state index in [0.29, 0.717) is 0 Å². The molecule has 1 aromatic carbocycles. The summed E-state index contributed by atoms with van der Waals surface area (Å²) in [5.41, 5.74) is 2.61. The molecule has 1 heterocycles. The van der Waals surface area contributed by atoms with Crippen LogP contribution in [0.3, 0.4) is 0 Å². The fourth-order valence-electron chi connectivity index (χ4n) is 2.37. The molecule has 0 fully saturated rings. The second kappa shape index (κ2) is 5.14. The number of aryl methyl sites for hydroxylation is 1. The molecule has 2 rings (SSSR count). The molecule has 0 amide bonds. The van der Waals surface area contributed by atoms with Gasteiger partial charge in [-0.15, -0.1) is 0 Å². The number of aromatic nitrogens is 1. The third-order valence-corrected chi connectivity index (χ3v) is 8.14. The lowest BCUT2D eigenvalue weighted by molar-refractivity contribution is 0.443. The zero-order chi connectivity index (χ0) is 14.1. The Morgan fingerprint density at radius 3 is 2.58 bits per heavy atom. The lowest BCUT2D eigenvalue weighted by Crippen LogP contribution is -2.38. The fourth-order valence-corrected chi connectivity index (χ4v) is 3.15. The molecule has 0 saturated heterocycles. The van der Waals surface area contributed by atoms with E-state index in [1.165, 1.54) is 16.5 Å². The molecular weight excluding hydrogens is 250 g/mol. The Kier molecular flexibility index (Phi) is 3.88. The van der Waals surface area contributed by atoms with Crippen molar-refractivity contribution in [2.75, 3.05) is 0 Å². The summed E-state index contributed by atoms with van der Waals surface area (Å²) in [6.07, 6.45) is 5.42. The van der Waals surface area contributed by atoms with Gasteiger partial charge in [-0.1, -0.05) is 32.0 Å². The highest BCUT2D eigenvalue weighted by atomic mass is 28.4. The highest BCUT2D eigenvalue weighted by Gasteiger charge is 2.37. The van der Waals surface area contributed by atoms with Crippen molar-refractivity contribution in [3.05, 3.63) is 36.0 Å². The summed E-state index contributed by atoms with van der Waals surface area (Å²) >= 11 is 0. The van der Waals surface area contributed by atoms with Gasteiger partial charge in [-0.2, -0.15) is 0 Å². The number of hydrogen-bond donors (Lipinski definition) is 2. The molecule has 2 aromatic rings. The van der Waals surface area contributed by atoms with Gasteiger partial charge in [-0.3, -0.25) is 0 Å². The Hall–Kier alpha value is -1.06. The van der Waals surface area contributed by atoms with Crippen LogP contribution in [0.2, 0.25) is 18.1 Å². The predicted molar refractivity (Wildman–Crippen MR) is 85.0 cm³/mol. The van der Waals surface area contributed by atoms with Crippen molar-refractivity contribution in [3.63, 3.8) is 0 Å². The van der Waals surface area contributed by atoms with Crippen molar-refractivity contribution in [2.24, 2.45) is 0 Å². The Labute approximate surface area is 117 Å². The van der Waals surface area contributed by atoms with Crippen LogP contribution in [-0.4, -0.2) is 18.1 Å². The van der Waals surface area contributed by atoms with Crippen molar-refractivity contribution in [1.29, 1.82) is 0 Å². The van der Waals surface area contributed by atoms with Crippen LogP contribution in [0.1, 0.15) is 32.3 Å². The topological polar surface area (TPSA) is 36.0 Å². The molecule has 1 aromatic heterocycles. The number of H-pyrrole nitrogens is 1. The first-order chi connectivity index (χ1) is 8.81. The van der Waals surface area contributed by atoms with Crippen LogP contribution in [0.5, 0.6) is 0 Å². The molecule has 2 N–H and O–H groups in total. The van der Waals surface area contributed by atoms with E-state index in [4.69, 9.17) is 0 Å². The molecule has 3 heteroatoms. The molecule has 0 radical (unpaired) electrons. The van der Waals surface area contributed by atoms with E-state index in [0.717, 1.165) is 19.3 Å². The van der Waals surface area contributed by atoms with Gasteiger partial charge in [0, 0.05) is 17.1 Å². The van der Waals surface area contributed by atoms with E-state index >= 15 is 0 Å². The van der Waals surface area contributed by atoms with Crippen molar-refractivity contribution in [1.82, 2.24) is 4.98 Å². The first kappa shape index (κ1) is 14.3. The Balaban J connectivity index is 2.00. The number of rotatable bonds is 5. The molecule has 0 atom stereocenters. The second-order valence-corrected chi connectivity index (χ2v) is 11.1. The van der Waals surface area contributed by atoms with Crippen LogP contribution < -0.4 is 0 Å². The van der Waals surface area contributed by atoms with E-state index < -0.39 is 8.32 Å². The summed E-state index contributed by atoms with van der Waals surface area (Å²) in [5, 5.41) is 1.42. The minimum Gasteiger partial charge on any atom is -0.432 e. The van der Waals surface area contributed by atoms with E-state index in [1.807, 2.05) is 13.1 Å². The van der Waals surface area contributed by atoms with Crippen molar-refractivity contribution in [2.45, 2.75) is 51.2 Å². The van der Waals surface area contributed by atoms with Crippen LogP contribution in [0.25, 0.3) is 10.9 Å². The van der Waals surface area contributed by atoms with Gasteiger partial charge in [-0.05, 0) is 49.0 Å². The molecule has 0 aliphatic heterocycles. The molecule has 0 bridgehead atoms. The van der Waals surface area contributed by atoms with Crippen molar-refractivity contribution < 1.29 is 4.80 Å². The van der Waals surface area contributed by atoms with E-state index in [2.05, 4.69) is 49.3 Å². The van der Waals surface area contributed by atoms with Gasteiger partial charge >= 0.3 is 0 Å². The molecule has 0 unspecified atom stereocenters. The summed E-state index contributed by atoms with van der Waals surface area (Å²) in [6.45, 7) is 8.49. The van der Waals surface area contributed by atoms with Gasteiger partial charge in [0.1, 0.15) is 0 Å². The van der Waals surface area contributed by atoms with Crippen LogP contribution in [0, 0.1) is 0 Å². The number of aromatic amines is 1. The average Bonchev–Trinajstić information content (AvgIpc) is 2.71. The highest BCUT2D eigenvalue weighted by molar-refractivity contribution is 6.72. The van der Waals surface area contributed by atoms with Gasteiger partial charge in [0.15, 0.2) is 8.32 Å². The molecule has 104 valence electrons. The minimum atomic E-state index is -2.07. The third-order valence-electron chi connectivity index (χ3n) is 4.58. The molecular formula is C16H25NOSi. The lowest BCUT2D eigenvalue weighted by atomic mass is 10.0. The maximum Gasteiger partial charge on any atom is 0.188 e. The maximum absolute atomic E-state index is 10.3. The molecule has 0 spiro atoms. The van der Waals surface area contributed by atoms with Crippen LogP contribution in [0.4, 0.5) is 0 Å². The van der Waals surface area contributed by atoms with E-state index in [-0.39, 0.29) is 5.04 Å². The monoisotopic (exact) mass is 275 g/mol. The third kappa shape index (κ3) is 3.10. The molecule has 0 aliphatic rings. The summed E-state index contributed by atoms with van der Waals surface area (Å²) in [4.78, 5) is 13.6. The first-order valence-corrected chi connectivity index (χ1v) is 10.0. The van der Waals surface area contributed by atoms with Gasteiger partial charge in [-0.25, -0.2) is 0 Å². The van der Waals surface area contributed by atoms with Gasteiger partial charge in [0.2, 0.25) is 0 Å². The normalized spacial score (nSPS) is 13.1. The van der Waals surface area contributed by atoms with Crippen molar-refractivity contribution >= 4 is 19.2 Å². The molecule has 2 nitrogen and oxygen atoms in total. The molecule has 0 aliphatic carbocycles. The highest BCUT2D eigenvalue weighted by Crippen LogP contribution is 2.40. The zero-order valence-corrected chi connectivity index (χ0v) is 13.5. The Morgan fingerprint density at radius 1 is 1.21 bits per heavy atom. The SMILES string of the molecule is CC(C)(CCCc1c[nH]c2ccccc12)[Si](C)(C)O. The summed E-state index contributed by atoms with van der Waals surface area (Å²) < 4.78 is 0. The predicted octanol–water partition coefficient (Wildman–Crippen LogP) is 4.47. The van der Waals surface area contributed by atoms with Crippen LogP contribution in [-0.2, 0) is 6.42 Å². The number of benzene rings is 1. The average molecular weight is 275 g/mol. The number of hydrogen-bond acceptors (Lipinski definition) is 1. The second-order valence-electron chi connectivity index (χ2n) is 6.66. The van der Waals surface area contributed by atoms with Gasteiger partial charge in [0.25, 0.3) is 0 Å². The quantitative estimate of drug-likeness (QED) is 0.776. The zero-order valence-electron chi connectivity index (χ0n) is 12.5. The van der Waals surface area contributed by atoms with E-state index in [1.54, 1.807) is 0 Å². The number of para-hydroxylation sites is 1. The lowest BCUT2D eigenvalue weighted by Gasteiger charge is -2.35. The molecule has 19 heavy (non-hydrogen) atoms. The Bertz CT molecular complexity index is 551. The minimum absolute atomic E-state index is 0.0825. The number of nitrogens with one attached hydrogen (secondary N) is 1. The van der Waals surface area contributed by atoms with Gasteiger partial charge < -0.3 is 9.78 Å². The van der Waals surface area contributed by atoms with Gasteiger partial charge in [0.05, 0.1) is 0 Å². The summed E-state index contributed by atoms with van der Waals surface area (Å²) in [6, 6.07) is 8.45. The Morgan fingerprint density at radius 2 is 1.89 bits per heavy atom.